The summed E-state index contributed by atoms with van der Waals surface area (Å²) in [7, 11) is 0. The minimum Gasteiger partial charge on any atom is -0.396 e. The van der Waals surface area contributed by atoms with E-state index >= 15 is 0 Å². The lowest BCUT2D eigenvalue weighted by atomic mass is 9.48. The van der Waals surface area contributed by atoms with E-state index in [1.165, 1.54) is 24.8 Å². The molecule has 0 saturated heterocycles. The lowest BCUT2D eigenvalue weighted by Crippen LogP contribution is -2.48. The monoisotopic (exact) mass is 222 g/mol. The van der Waals surface area contributed by atoms with Gasteiger partial charge in [-0.15, -0.1) is 0 Å². The zero-order valence-corrected chi connectivity index (χ0v) is 11.3. The Kier molecular flexibility index (Phi) is 2.55. The Morgan fingerprint density at radius 1 is 1.25 bits per heavy atom. The van der Waals surface area contributed by atoms with Crippen LogP contribution in [0.15, 0.2) is 12.2 Å². The van der Waals surface area contributed by atoms with Gasteiger partial charge in [0.15, 0.2) is 0 Å². The molecule has 1 nitrogen and oxygen atoms in total. The van der Waals surface area contributed by atoms with Gasteiger partial charge >= 0.3 is 0 Å². The molecule has 0 radical (unpaired) electrons. The van der Waals surface area contributed by atoms with Crippen molar-refractivity contribution in [1.82, 2.24) is 0 Å². The molecule has 16 heavy (non-hydrogen) atoms. The molecular formula is C15H26O. The van der Waals surface area contributed by atoms with E-state index in [9.17, 15) is 5.11 Å². The van der Waals surface area contributed by atoms with Gasteiger partial charge in [0.2, 0.25) is 0 Å². The molecule has 2 fully saturated rings. The third-order valence-corrected chi connectivity index (χ3v) is 6.14. The molecule has 0 bridgehead atoms. The van der Waals surface area contributed by atoms with E-state index in [2.05, 4.69) is 34.3 Å². The molecule has 2 rings (SSSR count). The predicted molar refractivity (Wildman–Crippen MR) is 68.2 cm³/mol. The van der Waals surface area contributed by atoms with Crippen LogP contribution < -0.4 is 0 Å². The van der Waals surface area contributed by atoms with Crippen LogP contribution in [0.25, 0.3) is 0 Å². The molecular weight excluding hydrogens is 196 g/mol. The van der Waals surface area contributed by atoms with Gasteiger partial charge in [0.25, 0.3) is 0 Å². The fraction of sp³-hybridized carbons (Fsp3) is 0.867. The first-order valence-corrected chi connectivity index (χ1v) is 6.59. The summed E-state index contributed by atoms with van der Waals surface area (Å²) in [4.78, 5) is 0. The standard InChI is InChI=1S/C15H26O/c1-11-12(10-16)9-14(4)8-6-7-13(2,3)15(11,14)5/h12,16H,1,6-10H2,2-5H3/t12-,14+,15-/m1/s1. The number of fused-ring (bicyclic) bond motifs is 1. The van der Waals surface area contributed by atoms with E-state index in [1.54, 1.807) is 0 Å². The highest BCUT2D eigenvalue weighted by Crippen LogP contribution is 2.70. The molecule has 1 heteroatoms. The Balaban J connectivity index is 2.49. The van der Waals surface area contributed by atoms with Gasteiger partial charge in [-0.05, 0) is 35.5 Å². The highest BCUT2D eigenvalue weighted by molar-refractivity contribution is 5.29. The summed E-state index contributed by atoms with van der Waals surface area (Å²) in [6.45, 7) is 14.2. The summed E-state index contributed by atoms with van der Waals surface area (Å²) in [5.41, 5.74) is 2.17. The number of aliphatic hydroxyl groups is 1. The highest BCUT2D eigenvalue weighted by Gasteiger charge is 2.62. The van der Waals surface area contributed by atoms with Gasteiger partial charge in [-0.3, -0.25) is 0 Å². The Hall–Kier alpha value is -0.300. The van der Waals surface area contributed by atoms with E-state index in [4.69, 9.17) is 0 Å². The van der Waals surface area contributed by atoms with E-state index in [0.29, 0.717) is 16.7 Å². The van der Waals surface area contributed by atoms with Gasteiger partial charge in [0, 0.05) is 12.5 Å². The molecule has 2 saturated carbocycles. The van der Waals surface area contributed by atoms with Crippen molar-refractivity contribution in [2.45, 2.75) is 53.4 Å². The van der Waals surface area contributed by atoms with Crippen LogP contribution in [0.3, 0.4) is 0 Å². The first-order chi connectivity index (χ1) is 7.28. The van der Waals surface area contributed by atoms with Gasteiger partial charge in [0.1, 0.15) is 0 Å². The normalized spacial score (nSPS) is 46.8. The quantitative estimate of drug-likeness (QED) is 0.669. The number of aliphatic hydroxyl groups excluding tert-OH is 1. The van der Waals surface area contributed by atoms with Crippen molar-refractivity contribution >= 4 is 0 Å². The van der Waals surface area contributed by atoms with Crippen LogP contribution in [-0.2, 0) is 0 Å². The maximum Gasteiger partial charge on any atom is 0.0496 e. The molecule has 0 aliphatic heterocycles. The molecule has 2 aliphatic rings. The van der Waals surface area contributed by atoms with E-state index in [1.807, 2.05) is 0 Å². The van der Waals surface area contributed by atoms with E-state index in [-0.39, 0.29) is 12.0 Å². The molecule has 0 aromatic carbocycles. The molecule has 3 atom stereocenters. The average molecular weight is 222 g/mol. The minimum atomic E-state index is 0.200. The number of hydrogen-bond acceptors (Lipinski definition) is 1. The lowest BCUT2D eigenvalue weighted by Gasteiger charge is -2.56. The Morgan fingerprint density at radius 3 is 2.38 bits per heavy atom. The van der Waals surface area contributed by atoms with Crippen molar-refractivity contribution in [3.8, 4) is 0 Å². The Bertz CT molecular complexity index is 317. The molecule has 0 heterocycles. The van der Waals surface area contributed by atoms with Gasteiger partial charge < -0.3 is 5.11 Å². The van der Waals surface area contributed by atoms with Crippen molar-refractivity contribution in [3.05, 3.63) is 12.2 Å². The molecule has 2 aliphatic carbocycles. The SMILES string of the molecule is C=C1[C@@H](CO)C[C@]2(C)CCCC(C)(C)[C@@]12C. The van der Waals surface area contributed by atoms with Gasteiger partial charge in [0.05, 0.1) is 0 Å². The molecule has 0 amide bonds. The summed E-state index contributed by atoms with van der Waals surface area (Å²) < 4.78 is 0. The van der Waals surface area contributed by atoms with Gasteiger partial charge in [-0.2, -0.15) is 0 Å². The van der Waals surface area contributed by atoms with Crippen LogP contribution in [0.4, 0.5) is 0 Å². The Morgan fingerprint density at radius 2 is 1.88 bits per heavy atom. The second-order valence-corrected chi connectivity index (χ2v) is 7.03. The minimum absolute atomic E-state index is 0.200. The maximum absolute atomic E-state index is 9.52. The molecule has 0 unspecified atom stereocenters. The van der Waals surface area contributed by atoms with E-state index in [0.717, 1.165) is 6.42 Å². The lowest BCUT2D eigenvalue weighted by molar-refractivity contribution is -0.0401. The van der Waals surface area contributed by atoms with Crippen LogP contribution in [-0.4, -0.2) is 11.7 Å². The second kappa shape index (κ2) is 3.35. The summed E-state index contributed by atoms with van der Waals surface area (Å²) >= 11 is 0. The van der Waals surface area contributed by atoms with Crippen LogP contribution in [0.2, 0.25) is 0 Å². The third kappa shape index (κ3) is 1.21. The van der Waals surface area contributed by atoms with Crippen LogP contribution in [0.5, 0.6) is 0 Å². The van der Waals surface area contributed by atoms with Gasteiger partial charge in [-0.1, -0.05) is 46.3 Å². The molecule has 0 aromatic heterocycles. The first kappa shape index (κ1) is 12.2. The molecule has 0 spiro atoms. The topological polar surface area (TPSA) is 20.2 Å². The number of hydrogen-bond donors (Lipinski definition) is 1. The highest BCUT2D eigenvalue weighted by atomic mass is 16.3. The summed E-state index contributed by atoms with van der Waals surface area (Å²) in [6.07, 6.45) is 5.03. The predicted octanol–water partition coefficient (Wildman–Crippen LogP) is 3.78. The second-order valence-electron chi connectivity index (χ2n) is 7.03. The van der Waals surface area contributed by atoms with Crippen molar-refractivity contribution in [3.63, 3.8) is 0 Å². The first-order valence-electron chi connectivity index (χ1n) is 6.59. The fourth-order valence-corrected chi connectivity index (χ4v) is 4.62. The number of rotatable bonds is 1. The zero-order valence-electron chi connectivity index (χ0n) is 11.3. The van der Waals surface area contributed by atoms with Crippen molar-refractivity contribution in [2.24, 2.45) is 22.2 Å². The molecule has 0 aromatic rings. The summed E-state index contributed by atoms with van der Waals surface area (Å²) in [6, 6.07) is 0. The third-order valence-electron chi connectivity index (χ3n) is 6.14. The Labute approximate surface area is 99.9 Å². The fourth-order valence-electron chi connectivity index (χ4n) is 4.62. The van der Waals surface area contributed by atoms with Crippen LogP contribution in [0.1, 0.15) is 53.4 Å². The zero-order chi connectivity index (χ0) is 12.2. The van der Waals surface area contributed by atoms with Crippen molar-refractivity contribution in [1.29, 1.82) is 0 Å². The summed E-state index contributed by atoms with van der Waals surface area (Å²) in [5, 5.41) is 9.52. The van der Waals surface area contributed by atoms with Gasteiger partial charge in [-0.25, -0.2) is 0 Å². The van der Waals surface area contributed by atoms with Crippen LogP contribution in [0, 0.1) is 22.2 Å². The average Bonchev–Trinajstić information content (AvgIpc) is 2.40. The largest absolute Gasteiger partial charge is 0.396 e. The molecule has 92 valence electrons. The van der Waals surface area contributed by atoms with E-state index < -0.39 is 0 Å². The summed E-state index contributed by atoms with van der Waals surface area (Å²) in [5.74, 6) is 0.326. The van der Waals surface area contributed by atoms with Crippen molar-refractivity contribution in [2.75, 3.05) is 6.61 Å². The van der Waals surface area contributed by atoms with Crippen molar-refractivity contribution < 1.29 is 5.11 Å². The smallest absolute Gasteiger partial charge is 0.0496 e. The molecule has 1 N–H and O–H groups in total. The maximum atomic E-state index is 9.52. The van der Waals surface area contributed by atoms with Crippen LogP contribution >= 0.6 is 0 Å².